The van der Waals surface area contributed by atoms with E-state index < -0.39 is 5.82 Å². The van der Waals surface area contributed by atoms with Crippen molar-refractivity contribution >= 4 is 11.6 Å². The lowest BCUT2D eigenvalue weighted by Crippen LogP contribution is -2.48. The SMILES string of the molecule is COc1cc(C)ccc1Oc1ccc(F)cc1NC(=O)C(C)C1CNC1. The van der Waals surface area contributed by atoms with E-state index in [2.05, 4.69) is 10.6 Å². The van der Waals surface area contributed by atoms with E-state index in [4.69, 9.17) is 9.47 Å². The highest BCUT2D eigenvalue weighted by molar-refractivity contribution is 5.94. The van der Waals surface area contributed by atoms with Crippen LogP contribution in [0.3, 0.4) is 0 Å². The van der Waals surface area contributed by atoms with Crippen LogP contribution in [0.1, 0.15) is 12.5 Å². The van der Waals surface area contributed by atoms with E-state index in [0.717, 1.165) is 18.7 Å². The van der Waals surface area contributed by atoms with E-state index in [-0.39, 0.29) is 11.8 Å². The number of nitrogens with one attached hydrogen (secondary N) is 2. The van der Waals surface area contributed by atoms with Crippen LogP contribution in [0.2, 0.25) is 0 Å². The van der Waals surface area contributed by atoms with Gasteiger partial charge in [-0.15, -0.1) is 0 Å². The molecule has 1 aliphatic rings. The van der Waals surface area contributed by atoms with Gasteiger partial charge in [0.05, 0.1) is 12.8 Å². The van der Waals surface area contributed by atoms with Crippen molar-refractivity contribution in [3.63, 3.8) is 0 Å². The van der Waals surface area contributed by atoms with E-state index in [0.29, 0.717) is 28.9 Å². The molecule has 0 aliphatic carbocycles. The van der Waals surface area contributed by atoms with Gasteiger partial charge in [-0.2, -0.15) is 0 Å². The van der Waals surface area contributed by atoms with Crippen molar-refractivity contribution in [2.45, 2.75) is 13.8 Å². The summed E-state index contributed by atoms with van der Waals surface area (Å²) in [7, 11) is 1.56. The van der Waals surface area contributed by atoms with Gasteiger partial charge in [0.25, 0.3) is 0 Å². The molecular weight excluding hydrogens is 335 g/mol. The largest absolute Gasteiger partial charge is 0.493 e. The van der Waals surface area contributed by atoms with Crippen molar-refractivity contribution in [2.24, 2.45) is 11.8 Å². The summed E-state index contributed by atoms with van der Waals surface area (Å²) in [5.74, 6) is 0.966. The number of ether oxygens (including phenoxy) is 2. The van der Waals surface area contributed by atoms with Gasteiger partial charge in [-0.05, 0) is 55.8 Å². The molecule has 1 amide bonds. The number of hydrogen-bond acceptors (Lipinski definition) is 4. The van der Waals surface area contributed by atoms with Crippen molar-refractivity contribution in [3.8, 4) is 17.2 Å². The molecule has 0 radical (unpaired) electrons. The van der Waals surface area contributed by atoms with Gasteiger partial charge in [-0.3, -0.25) is 4.79 Å². The third kappa shape index (κ3) is 3.96. The number of anilines is 1. The van der Waals surface area contributed by atoms with Crippen molar-refractivity contribution in [2.75, 3.05) is 25.5 Å². The van der Waals surface area contributed by atoms with Crippen LogP contribution in [0, 0.1) is 24.6 Å². The average Bonchev–Trinajstić information content (AvgIpc) is 2.56. The Morgan fingerprint density at radius 3 is 2.58 bits per heavy atom. The minimum Gasteiger partial charge on any atom is -0.493 e. The normalized spacial score (nSPS) is 15.1. The quantitative estimate of drug-likeness (QED) is 0.826. The third-order valence-corrected chi connectivity index (χ3v) is 4.67. The summed E-state index contributed by atoms with van der Waals surface area (Å²) >= 11 is 0. The van der Waals surface area contributed by atoms with Crippen molar-refractivity contribution in [1.29, 1.82) is 0 Å². The predicted octanol–water partition coefficient (Wildman–Crippen LogP) is 3.73. The number of carbonyl (C=O) groups excluding carboxylic acids is 1. The molecule has 0 spiro atoms. The van der Waals surface area contributed by atoms with Crippen molar-refractivity contribution in [3.05, 3.63) is 47.8 Å². The Morgan fingerprint density at radius 1 is 1.19 bits per heavy atom. The van der Waals surface area contributed by atoms with Crippen LogP contribution >= 0.6 is 0 Å². The molecule has 26 heavy (non-hydrogen) atoms. The smallest absolute Gasteiger partial charge is 0.227 e. The maximum absolute atomic E-state index is 13.7. The zero-order chi connectivity index (χ0) is 18.7. The molecule has 138 valence electrons. The van der Waals surface area contributed by atoms with Crippen molar-refractivity contribution in [1.82, 2.24) is 5.32 Å². The number of halogens is 1. The first-order chi connectivity index (χ1) is 12.5. The maximum Gasteiger partial charge on any atom is 0.227 e. The Balaban J connectivity index is 1.83. The van der Waals surface area contributed by atoms with Crippen LogP contribution in [-0.4, -0.2) is 26.1 Å². The molecule has 3 rings (SSSR count). The number of methoxy groups -OCH3 is 1. The van der Waals surface area contributed by atoms with Gasteiger partial charge >= 0.3 is 0 Å². The fraction of sp³-hybridized carbons (Fsp3) is 0.350. The van der Waals surface area contributed by atoms with Crippen LogP contribution < -0.4 is 20.1 Å². The lowest BCUT2D eigenvalue weighted by Gasteiger charge is -2.31. The summed E-state index contributed by atoms with van der Waals surface area (Å²) in [6.45, 7) is 5.47. The average molecular weight is 358 g/mol. The van der Waals surface area contributed by atoms with E-state index in [1.54, 1.807) is 13.2 Å². The summed E-state index contributed by atoms with van der Waals surface area (Å²) in [5, 5.41) is 5.95. The first-order valence-corrected chi connectivity index (χ1v) is 8.61. The number of hydrogen-bond donors (Lipinski definition) is 2. The molecular formula is C20H23FN2O3. The molecule has 1 saturated heterocycles. The van der Waals surface area contributed by atoms with Gasteiger partial charge in [0.1, 0.15) is 5.82 Å². The lowest BCUT2D eigenvalue weighted by atomic mass is 9.88. The highest BCUT2D eigenvalue weighted by Crippen LogP contribution is 2.36. The van der Waals surface area contributed by atoms with Crippen LogP contribution in [0.15, 0.2) is 36.4 Å². The van der Waals surface area contributed by atoms with Crippen LogP contribution in [-0.2, 0) is 4.79 Å². The zero-order valence-electron chi connectivity index (χ0n) is 15.1. The van der Waals surface area contributed by atoms with Crippen molar-refractivity contribution < 1.29 is 18.7 Å². The predicted molar refractivity (Wildman–Crippen MR) is 98.4 cm³/mol. The molecule has 1 atom stereocenters. The van der Waals surface area contributed by atoms with E-state index in [9.17, 15) is 9.18 Å². The molecule has 1 unspecified atom stereocenters. The van der Waals surface area contributed by atoms with Gasteiger partial charge < -0.3 is 20.1 Å². The molecule has 0 aromatic heterocycles. The molecule has 0 bridgehead atoms. The minimum absolute atomic E-state index is 0.150. The zero-order valence-corrected chi connectivity index (χ0v) is 15.1. The molecule has 1 heterocycles. The summed E-state index contributed by atoms with van der Waals surface area (Å²) in [5.41, 5.74) is 1.33. The Hall–Kier alpha value is -2.60. The minimum atomic E-state index is -0.443. The fourth-order valence-corrected chi connectivity index (χ4v) is 2.79. The monoisotopic (exact) mass is 358 g/mol. The van der Waals surface area contributed by atoms with E-state index in [1.165, 1.54) is 18.2 Å². The number of carbonyl (C=O) groups is 1. The van der Waals surface area contributed by atoms with Gasteiger partial charge in [-0.25, -0.2) is 4.39 Å². The second kappa shape index (κ2) is 7.74. The third-order valence-electron chi connectivity index (χ3n) is 4.67. The maximum atomic E-state index is 13.7. The number of benzene rings is 2. The first kappa shape index (κ1) is 18.2. The summed E-state index contributed by atoms with van der Waals surface area (Å²) in [6, 6.07) is 9.59. The van der Waals surface area contributed by atoms with E-state index in [1.807, 2.05) is 26.0 Å². The topological polar surface area (TPSA) is 59.6 Å². The first-order valence-electron chi connectivity index (χ1n) is 8.61. The molecule has 1 aliphatic heterocycles. The van der Waals surface area contributed by atoms with Gasteiger partial charge in [0.15, 0.2) is 17.2 Å². The molecule has 0 saturated carbocycles. The Morgan fingerprint density at radius 2 is 1.92 bits per heavy atom. The standard InChI is InChI=1S/C20H23FN2O3/c1-12-4-6-18(19(8-12)25-3)26-17-7-5-15(21)9-16(17)23-20(24)13(2)14-10-22-11-14/h4-9,13-14,22H,10-11H2,1-3H3,(H,23,24). The van der Waals surface area contributed by atoms with Gasteiger partial charge in [0, 0.05) is 12.0 Å². The Labute approximate surface area is 152 Å². The number of amides is 1. The summed E-state index contributed by atoms with van der Waals surface area (Å²) < 4.78 is 25.0. The lowest BCUT2D eigenvalue weighted by molar-refractivity contribution is -0.121. The van der Waals surface area contributed by atoms with Crippen LogP contribution in [0.25, 0.3) is 0 Å². The molecule has 2 aromatic rings. The highest BCUT2D eigenvalue weighted by atomic mass is 19.1. The van der Waals surface area contributed by atoms with Crippen LogP contribution in [0.5, 0.6) is 17.2 Å². The summed E-state index contributed by atoms with van der Waals surface area (Å²) in [6.07, 6.45) is 0. The van der Waals surface area contributed by atoms with Crippen LogP contribution in [0.4, 0.5) is 10.1 Å². The summed E-state index contributed by atoms with van der Waals surface area (Å²) in [4.78, 5) is 12.5. The fourth-order valence-electron chi connectivity index (χ4n) is 2.79. The molecule has 5 nitrogen and oxygen atoms in total. The Kier molecular flexibility index (Phi) is 5.42. The second-order valence-electron chi connectivity index (χ2n) is 6.59. The molecule has 6 heteroatoms. The molecule has 1 fully saturated rings. The molecule has 2 aromatic carbocycles. The van der Waals surface area contributed by atoms with Gasteiger partial charge in [0.2, 0.25) is 5.91 Å². The van der Waals surface area contributed by atoms with Gasteiger partial charge in [-0.1, -0.05) is 13.0 Å². The molecule has 2 N–H and O–H groups in total. The highest BCUT2D eigenvalue weighted by Gasteiger charge is 2.29. The second-order valence-corrected chi connectivity index (χ2v) is 6.59. The Bertz CT molecular complexity index is 806. The number of rotatable bonds is 6. The van der Waals surface area contributed by atoms with E-state index >= 15 is 0 Å². The number of aryl methyl sites for hydroxylation is 1.